The van der Waals surface area contributed by atoms with Gasteiger partial charge in [-0.3, -0.25) is 0 Å². The summed E-state index contributed by atoms with van der Waals surface area (Å²) in [7, 11) is 2.10. The molecule has 0 spiro atoms. The predicted octanol–water partition coefficient (Wildman–Crippen LogP) is -0.560. The van der Waals surface area contributed by atoms with E-state index in [0.29, 0.717) is 38.7 Å². The number of amides is 2. The molecule has 6 heteroatoms. The number of carbonyl (C=O) groups is 1. The van der Waals surface area contributed by atoms with E-state index in [1.165, 1.54) is 17.9 Å². The third-order valence-corrected chi connectivity index (χ3v) is 3.67. The number of rotatable bonds is 2. The van der Waals surface area contributed by atoms with Crippen LogP contribution in [0.3, 0.4) is 0 Å². The van der Waals surface area contributed by atoms with E-state index in [9.17, 15) is 4.79 Å². The van der Waals surface area contributed by atoms with Gasteiger partial charge in [0.15, 0.2) is 0 Å². The summed E-state index contributed by atoms with van der Waals surface area (Å²) in [5.41, 5.74) is 0. The second kappa shape index (κ2) is 5.86. The van der Waals surface area contributed by atoms with Crippen molar-refractivity contribution in [2.45, 2.75) is 25.3 Å². The number of nitrogens with zero attached hydrogens (tertiary/aromatic N) is 2. The van der Waals surface area contributed by atoms with Crippen molar-refractivity contribution in [3.63, 3.8) is 0 Å². The Bertz CT molecular complexity index is 202. The average Bonchev–Trinajstić information content (AvgIpc) is 2.20. The topological polar surface area (TPSA) is 61.6 Å². The molecule has 0 saturated carbocycles. The molecule has 1 rings (SSSR count). The third kappa shape index (κ3) is 3.36. The van der Waals surface area contributed by atoms with Crippen LogP contribution in [0, 0.1) is 0 Å². The van der Waals surface area contributed by atoms with Crippen molar-refractivity contribution in [2.24, 2.45) is 5.84 Å². The normalized spacial score (nSPS) is 23.1. The molecule has 0 aromatic rings. The first kappa shape index (κ1) is 12.2. The Hall–Kier alpha value is 0.112. The van der Waals surface area contributed by atoms with Crippen LogP contribution in [-0.2, 0) is 0 Å². The number of nitrogens with one attached hydrogen (secondary N) is 1. The van der Waals surface area contributed by atoms with E-state index < -0.39 is 0 Å². The van der Waals surface area contributed by atoms with Crippen LogP contribution in [0.2, 0.25) is 0 Å². The van der Waals surface area contributed by atoms with Crippen LogP contribution in [-0.4, -0.2) is 68.2 Å². The van der Waals surface area contributed by atoms with Crippen LogP contribution in [0.4, 0.5) is 4.79 Å². The number of piperidine rings is 1. The summed E-state index contributed by atoms with van der Waals surface area (Å²) in [6.07, 6.45) is 3.64. The Labute approximate surface area is 101 Å². The van der Waals surface area contributed by atoms with Gasteiger partial charge in [-0.1, -0.05) is 0 Å². The second-order valence-corrected chi connectivity index (χ2v) is 4.85. The molecule has 1 heterocycles. The number of likely N-dealkylation sites (tertiary alicyclic amines) is 1. The summed E-state index contributed by atoms with van der Waals surface area (Å²) >= 11 is 0.461. The molecule has 1 atom stereocenters. The number of hydrogen-bond acceptors (Lipinski definition) is 3. The minimum atomic E-state index is -0.144. The van der Waals surface area contributed by atoms with Crippen LogP contribution < -0.4 is 8.97 Å². The molecule has 14 heavy (non-hydrogen) atoms. The van der Waals surface area contributed by atoms with Crippen LogP contribution >= 0.6 is 0 Å². The van der Waals surface area contributed by atoms with Crippen LogP contribution in [0.25, 0.3) is 0 Å². The van der Waals surface area contributed by atoms with Gasteiger partial charge in [-0.25, -0.2) is 0 Å². The Morgan fingerprint density at radius 1 is 1.71 bits per heavy atom. The standard InChI is InChI=1S/C8H18N4O.Tl/c1-11-5-3-2-4-7(11)6-12(10)8(9)13;/h7H,2-6,10H2,1H3,(H2,9,13);/q;+1/p-1/t7-;/m1./s1. The Balaban J connectivity index is 2.38. The quantitative estimate of drug-likeness (QED) is 0.288. The molecule has 3 N–H and O–H groups in total. The molecule has 1 aliphatic rings. The third-order valence-electron chi connectivity index (χ3n) is 2.71. The molecule has 0 aromatic carbocycles. The fraction of sp³-hybridized carbons (Fsp3) is 0.875. The number of likely N-dealkylation sites (N-methyl/N-ethyl adjacent to an activating group) is 1. The number of hydrazine groups is 1. The van der Waals surface area contributed by atoms with Crippen molar-refractivity contribution in [1.82, 2.24) is 13.0 Å². The Kier molecular flexibility index (Phi) is 5.10. The fourth-order valence-electron chi connectivity index (χ4n) is 1.77. The molecule has 1 aliphatic heterocycles. The number of urea groups is 1. The molecule has 1 fully saturated rings. The summed E-state index contributed by atoms with van der Waals surface area (Å²) in [4.78, 5) is 13.5. The van der Waals surface area contributed by atoms with Gasteiger partial charge >= 0.3 is 101 Å². The molecule has 0 bridgehead atoms. The fourth-order valence-corrected chi connectivity index (χ4v) is 2.41. The van der Waals surface area contributed by atoms with Crippen LogP contribution in [0.15, 0.2) is 0 Å². The maximum atomic E-state index is 11.2. The zero-order chi connectivity index (χ0) is 10.6. The van der Waals surface area contributed by atoms with Gasteiger partial charge < -0.3 is 0 Å². The molecule has 78 valence electrons. The first-order chi connectivity index (χ1) is 6.65. The molecule has 0 aliphatic carbocycles. The van der Waals surface area contributed by atoms with Gasteiger partial charge in [-0.15, -0.1) is 0 Å². The van der Waals surface area contributed by atoms with Gasteiger partial charge in [0, 0.05) is 0 Å². The van der Waals surface area contributed by atoms with Crippen LogP contribution in [0.5, 0.6) is 0 Å². The van der Waals surface area contributed by atoms with Gasteiger partial charge in [-0.05, 0) is 0 Å². The molecular weight excluding hydrogens is 372 g/mol. The molecule has 5 nitrogen and oxygen atoms in total. The molecule has 0 unspecified atom stereocenters. The van der Waals surface area contributed by atoms with Crippen LogP contribution in [0.1, 0.15) is 19.3 Å². The van der Waals surface area contributed by atoms with E-state index in [1.807, 2.05) is 0 Å². The monoisotopic (exact) mass is 390 g/mol. The van der Waals surface area contributed by atoms with Crippen molar-refractivity contribution >= 4 is 32.1 Å². The summed E-state index contributed by atoms with van der Waals surface area (Å²) in [6, 6.07) is 0.282. The zero-order valence-electron chi connectivity index (χ0n) is 8.57. The summed E-state index contributed by atoms with van der Waals surface area (Å²) in [5, 5.41) is 1.30. The summed E-state index contributed by atoms with van der Waals surface area (Å²) in [6.45, 7) is 1.75. The first-order valence-corrected chi connectivity index (χ1v) is 7.12. The molecular formula is C8H17N4OTl. The zero-order valence-corrected chi connectivity index (χ0v) is 13.1. The Morgan fingerprint density at radius 2 is 2.43 bits per heavy atom. The van der Waals surface area contributed by atoms with Crippen molar-refractivity contribution in [2.75, 3.05) is 20.1 Å². The van der Waals surface area contributed by atoms with Crippen molar-refractivity contribution < 1.29 is 4.79 Å². The van der Waals surface area contributed by atoms with Gasteiger partial charge in [0.05, 0.1) is 0 Å². The SMILES string of the molecule is CN1CCCC[C@@H]1CN(N)C(=O)[NH][Tl]. The molecule has 2 amide bonds. The minimum absolute atomic E-state index is 0.144. The van der Waals surface area contributed by atoms with Crippen molar-refractivity contribution in [1.29, 1.82) is 0 Å². The van der Waals surface area contributed by atoms with Crippen molar-refractivity contribution in [3.8, 4) is 0 Å². The summed E-state index contributed by atoms with van der Waals surface area (Å²) < 4.78 is 2.68. The average molecular weight is 390 g/mol. The first-order valence-electron chi connectivity index (χ1n) is 4.88. The Morgan fingerprint density at radius 3 is 3.00 bits per heavy atom. The van der Waals surface area contributed by atoms with Gasteiger partial charge in [-0.2, -0.15) is 0 Å². The number of carbonyl (C=O) groups excluding carboxylic acids is 1. The van der Waals surface area contributed by atoms with E-state index in [2.05, 4.69) is 15.1 Å². The van der Waals surface area contributed by atoms with E-state index in [-0.39, 0.29) is 6.03 Å². The van der Waals surface area contributed by atoms with Gasteiger partial charge in [0.25, 0.3) is 0 Å². The number of nitrogens with two attached hydrogens (primary N) is 1. The molecule has 0 radical (unpaired) electrons. The second-order valence-electron chi connectivity index (χ2n) is 3.73. The maximum absolute atomic E-state index is 11.2. The predicted molar refractivity (Wildman–Crippen MR) is 55.4 cm³/mol. The molecule has 1 saturated heterocycles. The van der Waals surface area contributed by atoms with E-state index >= 15 is 0 Å². The number of hydrogen-bond donors (Lipinski definition) is 2. The molecule has 0 aromatic heterocycles. The van der Waals surface area contributed by atoms with E-state index in [4.69, 9.17) is 5.84 Å². The van der Waals surface area contributed by atoms with Gasteiger partial charge in [0.1, 0.15) is 0 Å². The van der Waals surface area contributed by atoms with Crippen molar-refractivity contribution in [3.05, 3.63) is 0 Å². The van der Waals surface area contributed by atoms with Gasteiger partial charge in [0.2, 0.25) is 0 Å². The van der Waals surface area contributed by atoms with E-state index in [1.54, 1.807) is 0 Å². The van der Waals surface area contributed by atoms with E-state index in [0.717, 1.165) is 13.0 Å². The summed E-state index contributed by atoms with van der Waals surface area (Å²) in [5.74, 6) is 5.64.